The highest BCUT2D eigenvalue weighted by Crippen LogP contribution is 2.26. The molecule has 8 heteroatoms. The van der Waals surface area contributed by atoms with Crippen molar-refractivity contribution in [3.05, 3.63) is 95.9 Å². The predicted octanol–water partition coefficient (Wildman–Crippen LogP) is 4.08. The number of aryl methyl sites for hydroxylation is 1. The van der Waals surface area contributed by atoms with Gasteiger partial charge in [-0.25, -0.2) is 4.68 Å². The molecule has 0 radical (unpaired) electrons. The molecule has 0 saturated heterocycles. The molecule has 2 aromatic carbocycles. The fourth-order valence-electron chi connectivity index (χ4n) is 4.09. The van der Waals surface area contributed by atoms with Crippen LogP contribution in [0.15, 0.2) is 79.1 Å². The Morgan fingerprint density at radius 1 is 1.05 bits per heavy atom. The number of rotatable bonds is 8. The lowest BCUT2D eigenvalue weighted by molar-refractivity contribution is -0.131. The first-order chi connectivity index (χ1) is 18.1. The van der Waals surface area contributed by atoms with E-state index in [9.17, 15) is 14.7 Å². The van der Waals surface area contributed by atoms with E-state index in [4.69, 9.17) is 10.8 Å². The van der Waals surface area contributed by atoms with Crippen LogP contribution < -0.4 is 11.1 Å². The van der Waals surface area contributed by atoms with Crippen LogP contribution in [0.5, 0.6) is 5.75 Å². The van der Waals surface area contributed by atoms with Crippen LogP contribution in [0.2, 0.25) is 0 Å². The maximum Gasteiger partial charge on any atom is 0.243 e. The van der Waals surface area contributed by atoms with E-state index in [0.717, 1.165) is 28.2 Å². The van der Waals surface area contributed by atoms with Gasteiger partial charge >= 0.3 is 0 Å². The van der Waals surface area contributed by atoms with Crippen molar-refractivity contribution >= 4 is 11.8 Å². The van der Waals surface area contributed by atoms with Gasteiger partial charge in [0.15, 0.2) is 0 Å². The fraction of sp³-hybridized carbons (Fsp3) is 0.267. The summed E-state index contributed by atoms with van der Waals surface area (Å²) in [5, 5.41) is 16.6. The van der Waals surface area contributed by atoms with Gasteiger partial charge in [-0.2, -0.15) is 5.10 Å². The maximum atomic E-state index is 12.6. The number of hydrogen-bond donors (Lipinski definition) is 3. The molecule has 8 nitrogen and oxygen atoms in total. The van der Waals surface area contributed by atoms with E-state index in [1.807, 2.05) is 35.0 Å². The van der Waals surface area contributed by atoms with Gasteiger partial charge in [0.1, 0.15) is 5.75 Å². The number of nitrogens with two attached hydrogens (primary N) is 1. The molecule has 4 N–H and O–H groups in total. The van der Waals surface area contributed by atoms with Gasteiger partial charge < -0.3 is 10.8 Å². The Morgan fingerprint density at radius 3 is 2.39 bits per heavy atom. The lowest BCUT2D eigenvalue weighted by Gasteiger charge is -2.19. The maximum absolute atomic E-state index is 12.6. The molecule has 2 aromatic heterocycles. The van der Waals surface area contributed by atoms with Crippen molar-refractivity contribution in [2.75, 3.05) is 0 Å². The lowest BCUT2D eigenvalue weighted by Crippen LogP contribution is -2.44. The van der Waals surface area contributed by atoms with Crippen molar-refractivity contribution in [2.45, 2.75) is 51.5 Å². The van der Waals surface area contributed by atoms with E-state index in [2.05, 4.69) is 43.2 Å². The quantitative estimate of drug-likeness (QED) is 0.328. The molecule has 4 aromatic rings. The largest absolute Gasteiger partial charge is 0.508 e. The van der Waals surface area contributed by atoms with Crippen molar-refractivity contribution in [2.24, 2.45) is 5.73 Å². The highest BCUT2D eigenvalue weighted by atomic mass is 16.3. The summed E-state index contributed by atoms with van der Waals surface area (Å²) in [6, 6.07) is 19.5. The van der Waals surface area contributed by atoms with Crippen LogP contribution in [-0.4, -0.2) is 37.7 Å². The Bertz CT molecular complexity index is 1390. The van der Waals surface area contributed by atoms with Crippen molar-refractivity contribution in [1.29, 1.82) is 0 Å². The van der Waals surface area contributed by atoms with Crippen LogP contribution in [0.4, 0.5) is 0 Å². The molecule has 1 atom stereocenters. The standard InChI is InChI=1S/C30H33N5O3/c1-30(2,3)22-8-10-23(11-9-22)35-24(18-27(34-35)21-5-4-16-32-19-21)12-15-28(37)33-29(38)26(31)17-20-6-13-25(36)14-7-20/h4-11,13-14,16,18-19,26,36H,12,15,17,31H2,1-3H3,(H,33,37,38). The molecule has 4 rings (SSSR count). The van der Waals surface area contributed by atoms with Gasteiger partial charge in [-0.15, -0.1) is 0 Å². The third-order valence-electron chi connectivity index (χ3n) is 6.32. The molecule has 38 heavy (non-hydrogen) atoms. The minimum absolute atomic E-state index is 0.0279. The molecule has 0 fully saturated rings. The molecule has 0 spiro atoms. The molecular formula is C30H33N5O3. The molecule has 1 unspecified atom stereocenters. The molecule has 0 bridgehead atoms. The number of aromatic hydroxyl groups is 1. The number of nitrogens with one attached hydrogen (secondary N) is 1. The number of carbonyl (C=O) groups excluding carboxylic acids is 2. The smallest absolute Gasteiger partial charge is 0.243 e. The summed E-state index contributed by atoms with van der Waals surface area (Å²) in [5.74, 6) is -0.807. The third-order valence-corrected chi connectivity index (χ3v) is 6.32. The van der Waals surface area contributed by atoms with Gasteiger partial charge in [0.2, 0.25) is 11.8 Å². The fourth-order valence-corrected chi connectivity index (χ4v) is 4.09. The normalized spacial score (nSPS) is 12.2. The van der Waals surface area contributed by atoms with E-state index in [0.29, 0.717) is 6.42 Å². The highest BCUT2D eigenvalue weighted by Gasteiger charge is 2.19. The summed E-state index contributed by atoms with van der Waals surface area (Å²) in [6.45, 7) is 6.50. The van der Waals surface area contributed by atoms with E-state index >= 15 is 0 Å². The second-order valence-electron chi connectivity index (χ2n) is 10.4. The number of phenolic OH excluding ortho intramolecular Hbond substituents is 1. The number of benzene rings is 2. The van der Waals surface area contributed by atoms with E-state index < -0.39 is 17.9 Å². The first-order valence-electron chi connectivity index (χ1n) is 12.6. The topological polar surface area (TPSA) is 123 Å². The number of aromatic nitrogens is 3. The zero-order valence-corrected chi connectivity index (χ0v) is 21.9. The van der Waals surface area contributed by atoms with E-state index in [1.54, 1.807) is 24.5 Å². The van der Waals surface area contributed by atoms with Crippen molar-refractivity contribution in [3.63, 3.8) is 0 Å². The average Bonchev–Trinajstić information content (AvgIpc) is 3.33. The minimum Gasteiger partial charge on any atom is -0.508 e. The molecule has 2 heterocycles. The number of phenols is 1. The summed E-state index contributed by atoms with van der Waals surface area (Å²) < 4.78 is 1.83. The Kier molecular flexibility index (Phi) is 8.02. The highest BCUT2D eigenvalue weighted by molar-refractivity contribution is 5.97. The Morgan fingerprint density at radius 2 is 1.76 bits per heavy atom. The molecule has 0 saturated carbocycles. The molecular weight excluding hydrogens is 478 g/mol. The SMILES string of the molecule is CC(C)(C)c1ccc(-n2nc(-c3cccnc3)cc2CCC(=O)NC(=O)C(N)Cc2ccc(O)cc2)cc1. The van der Waals surface area contributed by atoms with Crippen LogP contribution in [0.3, 0.4) is 0 Å². The summed E-state index contributed by atoms with van der Waals surface area (Å²) in [7, 11) is 0. The summed E-state index contributed by atoms with van der Waals surface area (Å²) in [4.78, 5) is 29.3. The van der Waals surface area contributed by atoms with Gasteiger partial charge in [-0.1, -0.05) is 45.0 Å². The summed E-state index contributed by atoms with van der Waals surface area (Å²) >= 11 is 0. The van der Waals surface area contributed by atoms with E-state index in [1.165, 1.54) is 17.7 Å². The monoisotopic (exact) mass is 511 g/mol. The Hall–Kier alpha value is -4.30. The summed E-state index contributed by atoms with van der Waals surface area (Å²) in [5.41, 5.74) is 11.4. The van der Waals surface area contributed by atoms with Gasteiger partial charge in [0.25, 0.3) is 0 Å². The van der Waals surface area contributed by atoms with Gasteiger partial charge in [-0.05, 0) is 71.8 Å². The third kappa shape index (κ3) is 6.72. The molecule has 196 valence electrons. The number of carbonyl (C=O) groups is 2. The average molecular weight is 512 g/mol. The first-order valence-corrected chi connectivity index (χ1v) is 12.6. The number of amides is 2. The Labute approximate surface area is 222 Å². The number of pyridine rings is 1. The Balaban J connectivity index is 1.47. The van der Waals surface area contributed by atoms with Crippen LogP contribution >= 0.6 is 0 Å². The number of imide groups is 1. The molecule has 0 aliphatic carbocycles. The molecule has 2 amide bonds. The van der Waals surface area contributed by atoms with E-state index in [-0.39, 0.29) is 24.0 Å². The van der Waals surface area contributed by atoms with Crippen molar-refractivity contribution in [3.8, 4) is 22.7 Å². The number of hydrogen-bond acceptors (Lipinski definition) is 6. The van der Waals surface area contributed by atoms with Crippen LogP contribution in [0, 0.1) is 0 Å². The van der Waals surface area contributed by atoms with Crippen molar-refractivity contribution < 1.29 is 14.7 Å². The minimum atomic E-state index is -0.882. The van der Waals surface area contributed by atoms with Crippen LogP contribution in [0.25, 0.3) is 16.9 Å². The number of nitrogens with zero attached hydrogens (tertiary/aromatic N) is 3. The van der Waals surface area contributed by atoms with Gasteiger partial charge in [0.05, 0.1) is 17.4 Å². The van der Waals surface area contributed by atoms with Crippen molar-refractivity contribution in [1.82, 2.24) is 20.1 Å². The molecule has 0 aliphatic rings. The second-order valence-corrected chi connectivity index (χ2v) is 10.4. The van der Waals surface area contributed by atoms with Crippen LogP contribution in [-0.2, 0) is 27.8 Å². The lowest BCUT2D eigenvalue weighted by atomic mass is 9.87. The predicted molar refractivity (Wildman–Crippen MR) is 147 cm³/mol. The molecule has 0 aliphatic heterocycles. The van der Waals surface area contributed by atoms with Gasteiger partial charge in [-0.3, -0.25) is 19.9 Å². The zero-order chi connectivity index (χ0) is 27.3. The second kappa shape index (κ2) is 11.4. The van der Waals surface area contributed by atoms with Crippen LogP contribution in [0.1, 0.15) is 44.0 Å². The first kappa shape index (κ1) is 26.8. The zero-order valence-electron chi connectivity index (χ0n) is 21.9. The summed E-state index contributed by atoms with van der Waals surface area (Å²) in [6.07, 6.45) is 4.18. The van der Waals surface area contributed by atoms with Gasteiger partial charge in [0, 0.05) is 30.1 Å².